The van der Waals surface area contributed by atoms with Crippen LogP contribution in [0.15, 0.2) is 18.2 Å². The monoisotopic (exact) mass is 190 g/mol. The third-order valence-corrected chi connectivity index (χ3v) is 2.81. The van der Waals surface area contributed by atoms with Crippen LogP contribution >= 0.6 is 0 Å². The molecule has 1 aromatic rings. The molecule has 1 saturated carbocycles. The maximum absolute atomic E-state index is 11.6. The van der Waals surface area contributed by atoms with Crippen molar-refractivity contribution in [2.45, 2.75) is 18.4 Å². The van der Waals surface area contributed by atoms with Crippen LogP contribution < -0.4 is 10.6 Å². The van der Waals surface area contributed by atoms with Crippen LogP contribution in [0.3, 0.4) is 0 Å². The quantitative estimate of drug-likeness (QED) is 0.540. The fraction of sp³-hybridized carbons (Fsp3) is 0.300. The van der Waals surface area contributed by atoms with Crippen LogP contribution in [0.1, 0.15) is 12.8 Å². The minimum Gasteiger partial charge on any atom is -0.508 e. The Morgan fingerprint density at radius 3 is 2.79 bits per heavy atom. The maximum Gasteiger partial charge on any atom is 0.250 e. The van der Waals surface area contributed by atoms with Crippen molar-refractivity contribution in [1.29, 1.82) is 0 Å². The van der Waals surface area contributed by atoms with Crippen LogP contribution in [0.2, 0.25) is 0 Å². The summed E-state index contributed by atoms with van der Waals surface area (Å²) in [5.41, 5.74) is 1.19. The summed E-state index contributed by atoms with van der Waals surface area (Å²) in [6, 6.07) is 4.94. The molecule has 1 amide bonds. The number of benzene rings is 1. The first-order valence-corrected chi connectivity index (χ1v) is 4.62. The van der Waals surface area contributed by atoms with Crippen molar-refractivity contribution < 1.29 is 9.90 Å². The lowest BCUT2D eigenvalue weighted by Gasteiger charge is -2.26. The van der Waals surface area contributed by atoms with Gasteiger partial charge < -0.3 is 15.7 Å². The third kappa shape index (κ3) is 0.907. The summed E-state index contributed by atoms with van der Waals surface area (Å²) in [5.74, 6) is 0.174. The number of fused-ring (bicyclic) bond motifs is 1. The second kappa shape index (κ2) is 2.20. The van der Waals surface area contributed by atoms with Crippen molar-refractivity contribution in [3.05, 3.63) is 18.2 Å². The van der Waals surface area contributed by atoms with E-state index in [9.17, 15) is 9.90 Å². The smallest absolute Gasteiger partial charge is 0.250 e. The Balaban J connectivity index is 2.06. The number of carbonyl (C=O) groups excluding carboxylic acids is 1. The second-order valence-electron chi connectivity index (χ2n) is 3.89. The number of hydrogen-bond acceptors (Lipinski definition) is 3. The molecule has 1 aliphatic heterocycles. The number of aromatic hydroxyl groups is 1. The first kappa shape index (κ1) is 7.67. The van der Waals surface area contributed by atoms with E-state index in [0.29, 0.717) is 5.69 Å². The average Bonchev–Trinajstić information content (AvgIpc) is 2.89. The SMILES string of the molecule is O=C1Nc2cc(O)ccc2NC12CC2. The molecular weight excluding hydrogens is 180 g/mol. The molecule has 0 atom stereocenters. The summed E-state index contributed by atoms with van der Waals surface area (Å²) in [5, 5.41) is 15.2. The van der Waals surface area contributed by atoms with Gasteiger partial charge in [0.15, 0.2) is 0 Å². The lowest BCUT2D eigenvalue weighted by molar-refractivity contribution is -0.117. The normalized spacial score (nSPS) is 21.0. The van der Waals surface area contributed by atoms with Gasteiger partial charge in [-0.3, -0.25) is 4.79 Å². The summed E-state index contributed by atoms with van der Waals surface area (Å²) in [4.78, 5) is 11.6. The predicted octanol–water partition coefficient (Wildman–Crippen LogP) is 1.29. The van der Waals surface area contributed by atoms with Crippen LogP contribution in [0.25, 0.3) is 0 Å². The number of phenols is 1. The van der Waals surface area contributed by atoms with Crippen molar-refractivity contribution >= 4 is 17.3 Å². The van der Waals surface area contributed by atoms with Crippen molar-refractivity contribution in [2.75, 3.05) is 10.6 Å². The molecule has 2 aliphatic rings. The highest BCUT2D eigenvalue weighted by Crippen LogP contribution is 2.45. The lowest BCUT2D eigenvalue weighted by atomic mass is 10.1. The molecule has 0 saturated heterocycles. The predicted molar refractivity (Wildman–Crippen MR) is 52.3 cm³/mol. The fourth-order valence-electron chi connectivity index (χ4n) is 1.78. The molecule has 0 bridgehead atoms. The first-order valence-electron chi connectivity index (χ1n) is 4.62. The van der Waals surface area contributed by atoms with Gasteiger partial charge in [-0.05, 0) is 25.0 Å². The average molecular weight is 190 g/mol. The Labute approximate surface area is 80.9 Å². The molecule has 14 heavy (non-hydrogen) atoms. The molecule has 0 aromatic heterocycles. The number of amides is 1. The van der Waals surface area contributed by atoms with Crippen LogP contribution in [-0.4, -0.2) is 16.6 Å². The number of carbonyl (C=O) groups is 1. The Kier molecular flexibility index (Phi) is 1.21. The lowest BCUT2D eigenvalue weighted by Crippen LogP contribution is -2.40. The van der Waals surface area contributed by atoms with Crippen molar-refractivity contribution in [3.63, 3.8) is 0 Å². The van der Waals surface area contributed by atoms with Gasteiger partial charge in [0, 0.05) is 6.07 Å². The highest BCUT2D eigenvalue weighted by Gasteiger charge is 2.52. The van der Waals surface area contributed by atoms with Gasteiger partial charge in [0.2, 0.25) is 5.91 Å². The van der Waals surface area contributed by atoms with Gasteiger partial charge in [0.05, 0.1) is 11.4 Å². The van der Waals surface area contributed by atoms with Gasteiger partial charge in [-0.1, -0.05) is 0 Å². The number of phenolic OH excluding ortho intramolecular Hbond substituents is 1. The van der Waals surface area contributed by atoms with Crippen molar-refractivity contribution in [2.24, 2.45) is 0 Å². The second-order valence-corrected chi connectivity index (χ2v) is 3.89. The molecule has 4 heteroatoms. The molecule has 1 spiro atoms. The minimum absolute atomic E-state index is 0.00981. The van der Waals surface area contributed by atoms with Gasteiger partial charge in [-0.25, -0.2) is 0 Å². The zero-order chi connectivity index (χ0) is 9.76. The van der Waals surface area contributed by atoms with E-state index in [2.05, 4.69) is 10.6 Å². The van der Waals surface area contributed by atoms with Crippen LogP contribution in [-0.2, 0) is 4.79 Å². The van der Waals surface area contributed by atoms with Gasteiger partial charge in [0.25, 0.3) is 0 Å². The maximum atomic E-state index is 11.6. The molecule has 72 valence electrons. The van der Waals surface area contributed by atoms with E-state index in [0.717, 1.165) is 18.5 Å². The Morgan fingerprint density at radius 1 is 1.29 bits per heavy atom. The van der Waals surface area contributed by atoms with Crippen LogP contribution in [0.4, 0.5) is 11.4 Å². The fourth-order valence-corrected chi connectivity index (χ4v) is 1.78. The first-order chi connectivity index (χ1) is 6.70. The summed E-state index contributed by atoms with van der Waals surface area (Å²) < 4.78 is 0. The Hall–Kier alpha value is -1.71. The van der Waals surface area contributed by atoms with E-state index in [-0.39, 0.29) is 17.2 Å². The van der Waals surface area contributed by atoms with E-state index in [1.165, 1.54) is 0 Å². The van der Waals surface area contributed by atoms with E-state index < -0.39 is 0 Å². The van der Waals surface area contributed by atoms with E-state index in [1.807, 2.05) is 0 Å². The Morgan fingerprint density at radius 2 is 2.07 bits per heavy atom. The van der Waals surface area contributed by atoms with Crippen LogP contribution in [0.5, 0.6) is 5.75 Å². The third-order valence-electron chi connectivity index (χ3n) is 2.81. The van der Waals surface area contributed by atoms with Gasteiger partial charge in [-0.15, -0.1) is 0 Å². The zero-order valence-electron chi connectivity index (χ0n) is 7.50. The summed E-state index contributed by atoms with van der Waals surface area (Å²) in [7, 11) is 0. The minimum atomic E-state index is -0.357. The highest BCUT2D eigenvalue weighted by atomic mass is 16.3. The molecular formula is C10H10N2O2. The van der Waals surface area contributed by atoms with Gasteiger partial charge >= 0.3 is 0 Å². The standard InChI is InChI=1S/C10H10N2O2/c13-6-1-2-7-8(5-6)11-9(14)10(12-7)3-4-10/h1-2,5,12-13H,3-4H2,(H,11,14). The number of hydrogen-bond donors (Lipinski definition) is 3. The molecule has 0 unspecified atom stereocenters. The van der Waals surface area contributed by atoms with Crippen LogP contribution in [0, 0.1) is 0 Å². The summed E-state index contributed by atoms with van der Waals surface area (Å²) in [6.07, 6.45) is 1.78. The Bertz CT molecular complexity index is 424. The van der Waals surface area contributed by atoms with Gasteiger partial charge in [0.1, 0.15) is 11.3 Å². The summed E-state index contributed by atoms with van der Waals surface area (Å²) >= 11 is 0. The number of nitrogens with one attached hydrogen (secondary N) is 2. The molecule has 1 fully saturated rings. The van der Waals surface area contributed by atoms with E-state index in [4.69, 9.17) is 0 Å². The number of rotatable bonds is 0. The molecule has 3 N–H and O–H groups in total. The number of anilines is 2. The molecule has 0 radical (unpaired) electrons. The van der Waals surface area contributed by atoms with Crippen molar-refractivity contribution in [1.82, 2.24) is 0 Å². The highest BCUT2D eigenvalue weighted by molar-refractivity contribution is 6.08. The van der Waals surface area contributed by atoms with Crippen molar-refractivity contribution in [3.8, 4) is 5.75 Å². The zero-order valence-corrected chi connectivity index (χ0v) is 7.50. The molecule has 1 heterocycles. The topological polar surface area (TPSA) is 61.4 Å². The molecule has 1 aromatic carbocycles. The van der Waals surface area contributed by atoms with Gasteiger partial charge in [-0.2, -0.15) is 0 Å². The summed E-state index contributed by atoms with van der Waals surface area (Å²) in [6.45, 7) is 0. The molecule has 4 nitrogen and oxygen atoms in total. The van der Waals surface area contributed by atoms with E-state index in [1.54, 1.807) is 18.2 Å². The molecule has 1 aliphatic carbocycles. The molecule has 3 rings (SSSR count). The largest absolute Gasteiger partial charge is 0.508 e. The van der Waals surface area contributed by atoms with E-state index >= 15 is 0 Å².